The van der Waals surface area contributed by atoms with Gasteiger partial charge in [0.15, 0.2) is 5.11 Å². The quantitative estimate of drug-likeness (QED) is 0.556. The summed E-state index contributed by atoms with van der Waals surface area (Å²) in [6.45, 7) is 0. The Morgan fingerprint density at radius 2 is 1.55 bits per heavy atom. The molecule has 0 aliphatic rings. The van der Waals surface area contributed by atoms with Crippen LogP contribution in [-0.2, 0) is 11.2 Å². The van der Waals surface area contributed by atoms with E-state index in [4.69, 9.17) is 12.2 Å². The Balaban J connectivity index is 1.57. The molecule has 0 radical (unpaired) electrons. The van der Waals surface area contributed by atoms with E-state index >= 15 is 0 Å². The highest BCUT2D eigenvalue weighted by Gasteiger charge is 2.09. The zero-order valence-electron chi connectivity index (χ0n) is 15.3. The Morgan fingerprint density at radius 1 is 0.828 bits per heavy atom. The van der Waals surface area contributed by atoms with Crippen molar-refractivity contribution in [3.63, 3.8) is 0 Å². The molecule has 0 saturated carbocycles. The Bertz CT molecular complexity index is 1020. The van der Waals surface area contributed by atoms with Crippen LogP contribution in [0.1, 0.15) is 15.9 Å². The molecule has 2 amide bonds. The highest BCUT2D eigenvalue weighted by Crippen LogP contribution is 2.14. The van der Waals surface area contributed by atoms with Gasteiger partial charge in [0.2, 0.25) is 5.91 Å². The second-order valence-corrected chi connectivity index (χ2v) is 6.61. The molecule has 0 saturated heterocycles. The summed E-state index contributed by atoms with van der Waals surface area (Å²) in [5.41, 5.74) is 2.31. The third-order valence-corrected chi connectivity index (χ3v) is 4.15. The molecule has 0 heterocycles. The van der Waals surface area contributed by atoms with Crippen LogP contribution in [0.4, 0.5) is 15.8 Å². The van der Waals surface area contributed by atoms with E-state index in [9.17, 15) is 14.0 Å². The number of rotatable bonds is 5. The van der Waals surface area contributed by atoms with Crippen LogP contribution < -0.4 is 16.0 Å². The molecular formula is C22H18FN3O2S. The van der Waals surface area contributed by atoms with Gasteiger partial charge in [0.25, 0.3) is 5.91 Å². The van der Waals surface area contributed by atoms with E-state index in [-0.39, 0.29) is 29.2 Å². The Morgan fingerprint density at radius 3 is 2.28 bits per heavy atom. The van der Waals surface area contributed by atoms with Gasteiger partial charge in [0.05, 0.1) is 6.42 Å². The second-order valence-electron chi connectivity index (χ2n) is 6.21. The lowest BCUT2D eigenvalue weighted by atomic mass is 10.1. The maximum Gasteiger partial charge on any atom is 0.255 e. The molecular weight excluding hydrogens is 389 g/mol. The minimum Gasteiger partial charge on any atom is -0.332 e. The first-order chi connectivity index (χ1) is 14.0. The van der Waals surface area contributed by atoms with Crippen LogP contribution in [-0.4, -0.2) is 16.9 Å². The molecule has 0 unspecified atom stereocenters. The van der Waals surface area contributed by atoms with Gasteiger partial charge in [-0.25, -0.2) is 4.39 Å². The lowest BCUT2D eigenvalue weighted by Gasteiger charge is -2.11. The summed E-state index contributed by atoms with van der Waals surface area (Å²) in [5.74, 6) is -0.963. The summed E-state index contributed by atoms with van der Waals surface area (Å²) in [6.07, 6.45) is 0.211. The minimum absolute atomic E-state index is 0.141. The van der Waals surface area contributed by atoms with E-state index in [1.165, 1.54) is 24.3 Å². The number of carbonyl (C=O) groups is 2. The van der Waals surface area contributed by atoms with E-state index in [0.717, 1.165) is 5.56 Å². The molecule has 0 bridgehead atoms. The van der Waals surface area contributed by atoms with Crippen LogP contribution in [0.5, 0.6) is 0 Å². The van der Waals surface area contributed by atoms with Crippen molar-refractivity contribution in [2.24, 2.45) is 0 Å². The summed E-state index contributed by atoms with van der Waals surface area (Å²) in [6, 6.07) is 21.5. The van der Waals surface area contributed by atoms with Crippen molar-refractivity contribution in [1.82, 2.24) is 5.32 Å². The fourth-order valence-corrected chi connectivity index (χ4v) is 2.82. The number of nitrogens with one attached hydrogen (secondary N) is 3. The molecule has 0 aliphatic heterocycles. The van der Waals surface area contributed by atoms with Crippen molar-refractivity contribution >= 4 is 40.5 Å². The predicted octanol–water partition coefficient (Wildman–Crippen LogP) is 4.13. The smallest absolute Gasteiger partial charge is 0.255 e. The highest BCUT2D eigenvalue weighted by atomic mass is 32.1. The molecule has 5 nitrogen and oxygen atoms in total. The molecule has 3 aromatic rings. The van der Waals surface area contributed by atoms with Gasteiger partial charge in [-0.2, -0.15) is 0 Å². The molecule has 3 N–H and O–H groups in total. The number of carbonyl (C=O) groups excluding carboxylic acids is 2. The van der Waals surface area contributed by atoms with Gasteiger partial charge in [-0.1, -0.05) is 36.4 Å². The summed E-state index contributed by atoms with van der Waals surface area (Å²) in [5, 5.41) is 8.34. The van der Waals surface area contributed by atoms with E-state index < -0.39 is 0 Å². The van der Waals surface area contributed by atoms with Crippen molar-refractivity contribution in [3.8, 4) is 0 Å². The van der Waals surface area contributed by atoms with Gasteiger partial charge >= 0.3 is 0 Å². The van der Waals surface area contributed by atoms with E-state index in [1.54, 1.807) is 24.3 Å². The number of halogens is 1. The first kappa shape index (κ1) is 20.2. The molecule has 7 heteroatoms. The van der Waals surface area contributed by atoms with E-state index in [2.05, 4.69) is 16.0 Å². The number of thiocarbonyl (C=S) groups is 1. The zero-order chi connectivity index (χ0) is 20.6. The SMILES string of the molecule is O=C(Cc1ccccc1)NC(=S)Nc1cccc(C(=O)Nc2ccc(F)cc2)c1. The third-order valence-electron chi connectivity index (χ3n) is 3.95. The monoisotopic (exact) mass is 407 g/mol. The standard InChI is InChI=1S/C22H18FN3O2S/c23-17-9-11-18(12-10-17)24-21(28)16-7-4-8-19(14-16)25-22(29)26-20(27)13-15-5-2-1-3-6-15/h1-12,14H,13H2,(H,24,28)(H2,25,26,27,29). The number of hydrogen-bond donors (Lipinski definition) is 3. The van der Waals surface area contributed by atoms with Crippen LogP contribution in [0.15, 0.2) is 78.9 Å². The first-order valence-corrected chi connectivity index (χ1v) is 9.22. The van der Waals surface area contributed by atoms with Crippen molar-refractivity contribution < 1.29 is 14.0 Å². The Kier molecular flexibility index (Phi) is 6.65. The second kappa shape index (κ2) is 9.57. The Hall–Kier alpha value is -3.58. The lowest BCUT2D eigenvalue weighted by molar-refractivity contribution is -0.119. The van der Waals surface area contributed by atoms with Gasteiger partial charge in [0, 0.05) is 16.9 Å². The van der Waals surface area contributed by atoms with E-state index in [1.807, 2.05) is 30.3 Å². The largest absolute Gasteiger partial charge is 0.332 e. The summed E-state index contributed by atoms with van der Waals surface area (Å²) < 4.78 is 13.0. The predicted molar refractivity (Wildman–Crippen MR) is 115 cm³/mol. The maximum atomic E-state index is 13.0. The normalized spacial score (nSPS) is 10.1. The van der Waals surface area contributed by atoms with Crippen LogP contribution in [0.2, 0.25) is 0 Å². The molecule has 0 aromatic heterocycles. The fraction of sp³-hybridized carbons (Fsp3) is 0.0455. The van der Waals surface area contributed by atoms with Crippen molar-refractivity contribution in [2.75, 3.05) is 10.6 Å². The van der Waals surface area contributed by atoms with E-state index in [0.29, 0.717) is 16.9 Å². The molecule has 0 atom stereocenters. The van der Waals surface area contributed by atoms with Gasteiger partial charge in [-0.05, 0) is 60.2 Å². The minimum atomic E-state index is -0.378. The van der Waals surface area contributed by atoms with Gasteiger partial charge < -0.3 is 16.0 Å². The number of anilines is 2. The summed E-state index contributed by atoms with van der Waals surface area (Å²) in [4.78, 5) is 24.5. The van der Waals surface area contributed by atoms with Crippen LogP contribution in [0, 0.1) is 5.82 Å². The molecule has 3 rings (SSSR count). The molecule has 29 heavy (non-hydrogen) atoms. The van der Waals surface area contributed by atoms with Crippen molar-refractivity contribution in [1.29, 1.82) is 0 Å². The third kappa shape index (κ3) is 6.22. The topological polar surface area (TPSA) is 70.2 Å². The van der Waals surface area contributed by atoms with Crippen LogP contribution in [0.3, 0.4) is 0 Å². The molecule has 0 aliphatic carbocycles. The van der Waals surface area contributed by atoms with Crippen LogP contribution >= 0.6 is 12.2 Å². The summed E-state index contributed by atoms with van der Waals surface area (Å²) >= 11 is 5.18. The summed E-state index contributed by atoms with van der Waals surface area (Å²) in [7, 11) is 0. The van der Waals surface area contributed by atoms with Gasteiger partial charge in [-0.3, -0.25) is 9.59 Å². The molecule has 146 valence electrons. The molecule has 0 fully saturated rings. The van der Waals surface area contributed by atoms with Gasteiger partial charge in [-0.15, -0.1) is 0 Å². The van der Waals surface area contributed by atoms with Crippen LogP contribution in [0.25, 0.3) is 0 Å². The van der Waals surface area contributed by atoms with Gasteiger partial charge in [0.1, 0.15) is 5.82 Å². The maximum absolute atomic E-state index is 13.0. The molecule has 0 spiro atoms. The first-order valence-electron chi connectivity index (χ1n) is 8.81. The van der Waals surface area contributed by atoms with Crippen molar-refractivity contribution in [2.45, 2.75) is 6.42 Å². The number of amides is 2. The fourth-order valence-electron chi connectivity index (χ4n) is 2.59. The number of hydrogen-bond acceptors (Lipinski definition) is 3. The van der Waals surface area contributed by atoms with Crippen molar-refractivity contribution in [3.05, 3.63) is 95.8 Å². The zero-order valence-corrected chi connectivity index (χ0v) is 16.1. The average molecular weight is 407 g/mol. The lowest BCUT2D eigenvalue weighted by Crippen LogP contribution is -2.35. The molecule has 3 aromatic carbocycles. The number of benzene rings is 3. The highest BCUT2D eigenvalue weighted by molar-refractivity contribution is 7.80. The Labute approximate surface area is 173 Å². The average Bonchev–Trinajstić information content (AvgIpc) is 2.70.